The number of hydrogen-bond donors (Lipinski definition) is 2. The molecular weight excluding hydrogens is 478 g/mol. The van der Waals surface area contributed by atoms with E-state index >= 15 is 0 Å². The minimum atomic E-state index is -0.842. The van der Waals surface area contributed by atoms with Crippen molar-refractivity contribution < 1.29 is 13.9 Å². The first kappa shape index (κ1) is 19.1. The summed E-state index contributed by atoms with van der Waals surface area (Å²) < 4.78 is 27.7. The first-order valence-electron chi connectivity index (χ1n) is 8.97. The fourth-order valence-corrected chi connectivity index (χ4v) is 3.88. The zero-order valence-electron chi connectivity index (χ0n) is 15.3. The van der Waals surface area contributed by atoms with Crippen LogP contribution < -0.4 is 20.5 Å². The molecule has 28 heavy (non-hydrogen) atoms. The summed E-state index contributed by atoms with van der Waals surface area (Å²) in [5.41, 5.74) is 7.80. The van der Waals surface area contributed by atoms with Gasteiger partial charge >= 0.3 is 6.08 Å². The summed E-state index contributed by atoms with van der Waals surface area (Å²) in [4.78, 5) is 12.2. The highest BCUT2D eigenvalue weighted by Gasteiger charge is 2.20. The Morgan fingerprint density at radius 3 is 2.79 bits per heavy atom. The molecule has 1 aliphatic heterocycles. The van der Waals surface area contributed by atoms with Crippen LogP contribution in [0.5, 0.6) is 11.5 Å². The van der Waals surface area contributed by atoms with Crippen molar-refractivity contribution >= 4 is 39.6 Å². The highest BCUT2D eigenvalue weighted by atomic mass is 127. The lowest BCUT2D eigenvalue weighted by molar-refractivity contribution is 0.174. The number of fused-ring (bicyclic) bond motifs is 2. The van der Waals surface area contributed by atoms with Crippen LogP contribution in [0.25, 0.3) is 11.2 Å². The van der Waals surface area contributed by atoms with Gasteiger partial charge in [-0.05, 0) is 66.7 Å². The second-order valence-electron chi connectivity index (χ2n) is 6.51. The maximum absolute atomic E-state index is 13.8. The molecule has 3 heterocycles. The van der Waals surface area contributed by atoms with Crippen molar-refractivity contribution in [1.29, 1.82) is 0 Å². The van der Waals surface area contributed by atoms with Crippen LogP contribution in [0.2, 0.25) is 0 Å². The summed E-state index contributed by atoms with van der Waals surface area (Å²) in [5.74, 6) is 2.28. The molecule has 0 bridgehead atoms. The third-order valence-corrected chi connectivity index (χ3v) is 5.63. The maximum atomic E-state index is 13.8. The van der Waals surface area contributed by atoms with Crippen LogP contribution in [0, 0.1) is 9.65 Å². The second-order valence-corrected chi connectivity index (χ2v) is 7.68. The summed E-state index contributed by atoms with van der Waals surface area (Å²) in [5, 5.41) is 3.13. The van der Waals surface area contributed by atoms with E-state index < -0.39 is 6.08 Å². The van der Waals surface area contributed by atoms with Crippen molar-refractivity contribution in [3.05, 3.63) is 33.2 Å². The Morgan fingerprint density at radius 2 is 2.00 bits per heavy atom. The summed E-state index contributed by atoms with van der Waals surface area (Å²) in [7, 11) is 1.92. The highest BCUT2D eigenvalue weighted by molar-refractivity contribution is 14.1. The average Bonchev–Trinajstić information content (AvgIpc) is 3.24. The molecule has 0 unspecified atom stereocenters. The van der Waals surface area contributed by atoms with Crippen molar-refractivity contribution in [2.75, 3.05) is 26.1 Å². The van der Waals surface area contributed by atoms with E-state index in [-0.39, 0.29) is 12.6 Å². The number of unbranched alkanes of at least 4 members (excludes halogenated alkanes) is 1. The number of rotatable bonds is 7. The van der Waals surface area contributed by atoms with Crippen LogP contribution in [-0.2, 0) is 13.0 Å². The molecule has 0 aliphatic carbocycles. The lowest BCUT2D eigenvalue weighted by Crippen LogP contribution is -2.11. The lowest BCUT2D eigenvalue weighted by Gasteiger charge is -2.10. The van der Waals surface area contributed by atoms with Crippen molar-refractivity contribution in [2.45, 2.75) is 25.8 Å². The number of nitrogens with one attached hydrogen (secondary N) is 1. The van der Waals surface area contributed by atoms with Gasteiger partial charge < -0.3 is 25.1 Å². The SMILES string of the molecule is CNCCCCn1c(Cc2cc3c(cc2I)OCO3)nc2c(N)nc(F)nc21. The smallest absolute Gasteiger partial charge is 0.312 e. The van der Waals surface area contributed by atoms with Crippen LogP contribution >= 0.6 is 22.6 Å². The fourth-order valence-electron chi connectivity index (χ4n) is 3.25. The van der Waals surface area contributed by atoms with Gasteiger partial charge in [-0.25, -0.2) is 4.98 Å². The summed E-state index contributed by atoms with van der Waals surface area (Å²) in [6.07, 6.45) is 1.59. The van der Waals surface area contributed by atoms with Crippen molar-refractivity contribution in [3.63, 3.8) is 0 Å². The lowest BCUT2D eigenvalue weighted by atomic mass is 10.1. The quantitative estimate of drug-likeness (QED) is 0.293. The van der Waals surface area contributed by atoms with Gasteiger partial charge in [0.2, 0.25) is 6.79 Å². The first-order chi connectivity index (χ1) is 13.6. The number of nitrogens with two attached hydrogens (primary N) is 1. The molecule has 10 heteroatoms. The first-order valence-corrected chi connectivity index (χ1v) is 10.1. The minimum absolute atomic E-state index is 0.0538. The number of anilines is 1. The van der Waals surface area contributed by atoms with Gasteiger partial charge in [-0.1, -0.05) is 0 Å². The Kier molecular flexibility index (Phi) is 5.49. The molecule has 4 rings (SSSR count). The molecule has 1 aromatic carbocycles. The molecule has 0 saturated carbocycles. The van der Waals surface area contributed by atoms with E-state index in [2.05, 4.69) is 42.9 Å². The number of nitrogen functional groups attached to an aromatic ring is 1. The number of ether oxygens (including phenoxy) is 2. The number of halogens is 2. The molecule has 0 spiro atoms. The van der Waals surface area contributed by atoms with Crippen molar-refractivity contribution in [2.24, 2.45) is 0 Å². The summed E-state index contributed by atoms with van der Waals surface area (Å²) in [6, 6.07) is 3.91. The van der Waals surface area contributed by atoms with Gasteiger partial charge in [0.25, 0.3) is 0 Å². The van der Waals surface area contributed by atoms with Gasteiger partial charge in [-0.15, -0.1) is 0 Å². The van der Waals surface area contributed by atoms with E-state index in [1.165, 1.54) is 0 Å². The predicted molar refractivity (Wildman–Crippen MR) is 111 cm³/mol. The number of aryl methyl sites for hydroxylation is 1. The molecule has 1 aliphatic rings. The van der Waals surface area contributed by atoms with E-state index in [0.717, 1.165) is 45.8 Å². The van der Waals surface area contributed by atoms with E-state index in [9.17, 15) is 4.39 Å². The fraction of sp³-hybridized carbons (Fsp3) is 0.389. The molecule has 3 aromatic rings. The van der Waals surface area contributed by atoms with E-state index in [4.69, 9.17) is 15.2 Å². The van der Waals surface area contributed by atoms with E-state index in [1.54, 1.807) is 0 Å². The molecule has 8 nitrogen and oxygen atoms in total. The maximum Gasteiger partial charge on any atom is 0.312 e. The van der Waals surface area contributed by atoms with Gasteiger partial charge in [0.15, 0.2) is 28.5 Å². The molecule has 0 saturated heterocycles. The summed E-state index contributed by atoms with van der Waals surface area (Å²) >= 11 is 2.27. The zero-order valence-corrected chi connectivity index (χ0v) is 17.5. The number of imidazole rings is 1. The largest absolute Gasteiger partial charge is 0.454 e. The molecule has 0 fully saturated rings. The van der Waals surface area contributed by atoms with Crippen molar-refractivity contribution in [1.82, 2.24) is 24.8 Å². The van der Waals surface area contributed by atoms with Gasteiger partial charge in [0.1, 0.15) is 5.82 Å². The Morgan fingerprint density at radius 1 is 1.21 bits per heavy atom. The average molecular weight is 498 g/mol. The van der Waals surface area contributed by atoms with Gasteiger partial charge in [-0.3, -0.25) is 0 Å². The molecule has 0 atom stereocenters. The van der Waals surface area contributed by atoms with Crippen LogP contribution in [0.4, 0.5) is 10.2 Å². The number of aromatic nitrogens is 4. The van der Waals surface area contributed by atoms with E-state index in [1.807, 2.05) is 23.7 Å². The van der Waals surface area contributed by atoms with Crippen LogP contribution in [0.1, 0.15) is 24.2 Å². The van der Waals surface area contributed by atoms with E-state index in [0.29, 0.717) is 24.1 Å². The molecule has 2 aromatic heterocycles. The molecule has 0 radical (unpaired) electrons. The molecular formula is C18H20FIN6O2. The summed E-state index contributed by atoms with van der Waals surface area (Å²) in [6.45, 7) is 1.81. The number of benzene rings is 1. The predicted octanol–water partition coefficient (Wildman–Crippen LogP) is 2.47. The molecule has 148 valence electrons. The Balaban J connectivity index is 1.72. The van der Waals surface area contributed by atoms with Gasteiger partial charge in [-0.2, -0.15) is 14.4 Å². The van der Waals surface area contributed by atoms with Crippen LogP contribution in [0.15, 0.2) is 12.1 Å². The third kappa shape index (κ3) is 3.70. The standard InChI is InChI=1S/C18H20FIN6O2/c1-22-4-2-3-5-26-14(23-15-16(21)24-18(19)25-17(15)26)7-10-6-12-13(8-11(10)20)28-9-27-12/h6,8,22H,2-5,7,9H2,1H3,(H2,21,24,25). The Hall–Kier alpha value is -2.21. The van der Waals surface area contributed by atoms with Crippen LogP contribution in [-0.4, -0.2) is 39.9 Å². The number of hydrogen-bond acceptors (Lipinski definition) is 7. The molecule has 3 N–H and O–H groups in total. The Bertz CT molecular complexity index is 1030. The zero-order chi connectivity index (χ0) is 19.7. The Labute approximate surface area is 174 Å². The second kappa shape index (κ2) is 8.03. The van der Waals surface area contributed by atoms with Gasteiger partial charge in [0, 0.05) is 16.5 Å². The van der Waals surface area contributed by atoms with Crippen LogP contribution in [0.3, 0.4) is 0 Å². The van der Waals surface area contributed by atoms with Crippen molar-refractivity contribution in [3.8, 4) is 11.5 Å². The topological polar surface area (TPSA) is 100 Å². The highest BCUT2D eigenvalue weighted by Crippen LogP contribution is 2.36. The number of nitrogens with zero attached hydrogens (tertiary/aromatic N) is 4. The minimum Gasteiger partial charge on any atom is -0.454 e. The monoisotopic (exact) mass is 498 g/mol. The normalized spacial score (nSPS) is 12.8. The van der Waals surface area contributed by atoms with Gasteiger partial charge in [0.05, 0.1) is 0 Å². The molecule has 0 amide bonds. The third-order valence-electron chi connectivity index (χ3n) is 4.62.